The molecule has 1 atom stereocenters. The lowest BCUT2D eigenvalue weighted by molar-refractivity contribution is 0.0370. The quantitative estimate of drug-likeness (QED) is 0.852. The Balaban J connectivity index is 1.74. The number of hydrogen-bond donors (Lipinski definition) is 1. The van der Waals surface area contributed by atoms with Crippen LogP contribution >= 0.6 is 0 Å². The lowest BCUT2D eigenvalue weighted by atomic mass is 9.99. The molecule has 2 aliphatic heterocycles. The summed E-state index contributed by atoms with van der Waals surface area (Å²) in [6.45, 7) is 5.61. The Bertz CT molecular complexity index is 515. The van der Waals surface area contributed by atoms with E-state index < -0.39 is 0 Å². The Hall–Kier alpha value is -1.55. The predicted molar refractivity (Wildman–Crippen MR) is 78.0 cm³/mol. The van der Waals surface area contributed by atoms with Gasteiger partial charge in [-0.1, -0.05) is 12.5 Å². The van der Waals surface area contributed by atoms with Crippen molar-refractivity contribution >= 4 is 5.91 Å². The summed E-state index contributed by atoms with van der Waals surface area (Å²) in [6.07, 6.45) is 3.73. The zero-order valence-electron chi connectivity index (χ0n) is 12.0. The molecule has 4 nitrogen and oxygen atoms in total. The molecular formula is C16H22N2O2. The lowest BCUT2D eigenvalue weighted by Gasteiger charge is -2.44. The molecule has 0 radical (unpaired) electrons. The third kappa shape index (κ3) is 2.52. The van der Waals surface area contributed by atoms with Crippen molar-refractivity contribution in [3.63, 3.8) is 0 Å². The average Bonchev–Trinajstić information content (AvgIpc) is 2.46. The van der Waals surface area contributed by atoms with Crippen LogP contribution in [0.2, 0.25) is 0 Å². The van der Waals surface area contributed by atoms with Crippen molar-refractivity contribution < 1.29 is 9.90 Å². The summed E-state index contributed by atoms with van der Waals surface area (Å²) in [7, 11) is 0. The van der Waals surface area contributed by atoms with Gasteiger partial charge < -0.3 is 10.0 Å². The van der Waals surface area contributed by atoms with Gasteiger partial charge >= 0.3 is 0 Å². The van der Waals surface area contributed by atoms with Crippen LogP contribution in [0.4, 0.5) is 0 Å². The molecule has 1 aromatic carbocycles. The number of aryl methyl sites for hydroxylation is 1. The molecule has 1 amide bonds. The zero-order chi connectivity index (χ0) is 14.1. The van der Waals surface area contributed by atoms with Crippen molar-refractivity contribution in [1.29, 1.82) is 0 Å². The lowest BCUT2D eigenvalue weighted by Crippen LogP contribution is -2.56. The number of amides is 1. The van der Waals surface area contributed by atoms with Crippen molar-refractivity contribution in [2.45, 2.75) is 32.2 Å². The second-order valence-corrected chi connectivity index (χ2v) is 5.96. The molecule has 1 N–H and O–H groups in total. The van der Waals surface area contributed by atoms with Crippen molar-refractivity contribution in [1.82, 2.24) is 9.80 Å². The van der Waals surface area contributed by atoms with Crippen LogP contribution < -0.4 is 0 Å². The molecule has 0 spiro atoms. The highest BCUT2D eigenvalue weighted by atomic mass is 16.3. The van der Waals surface area contributed by atoms with Crippen LogP contribution in [-0.2, 0) is 0 Å². The van der Waals surface area contributed by atoms with E-state index in [-0.39, 0.29) is 11.7 Å². The minimum atomic E-state index is -0.0345. The number of rotatable bonds is 1. The highest BCUT2D eigenvalue weighted by Gasteiger charge is 2.31. The molecular weight excluding hydrogens is 252 g/mol. The van der Waals surface area contributed by atoms with E-state index in [1.54, 1.807) is 12.1 Å². The molecule has 20 heavy (non-hydrogen) atoms. The standard InChI is InChI=1S/C16H22N2O2/c1-12-5-6-14(15(19)10-12)16(20)18-9-8-17-7-3-2-4-13(17)11-18/h5-6,10,13,19H,2-4,7-9,11H2,1H3. The number of piperazine rings is 1. The SMILES string of the molecule is Cc1ccc(C(=O)N2CCN3CCCCC3C2)c(O)c1. The Kier molecular flexibility index (Phi) is 3.66. The van der Waals surface area contributed by atoms with Gasteiger partial charge in [-0.25, -0.2) is 0 Å². The number of fused-ring (bicyclic) bond motifs is 1. The van der Waals surface area contributed by atoms with Crippen LogP contribution in [0.5, 0.6) is 5.75 Å². The van der Waals surface area contributed by atoms with E-state index in [0.717, 1.165) is 25.2 Å². The van der Waals surface area contributed by atoms with E-state index in [2.05, 4.69) is 4.90 Å². The van der Waals surface area contributed by atoms with Crippen LogP contribution in [0.25, 0.3) is 0 Å². The molecule has 1 unspecified atom stereocenters. The van der Waals surface area contributed by atoms with Crippen molar-refractivity contribution in [3.05, 3.63) is 29.3 Å². The van der Waals surface area contributed by atoms with Crippen LogP contribution in [0.15, 0.2) is 18.2 Å². The first-order valence-corrected chi connectivity index (χ1v) is 7.48. The smallest absolute Gasteiger partial charge is 0.257 e. The minimum absolute atomic E-state index is 0.0345. The number of hydrogen-bond acceptors (Lipinski definition) is 3. The molecule has 2 heterocycles. The summed E-state index contributed by atoms with van der Waals surface area (Å²) in [5.74, 6) is 0.0637. The molecule has 1 aromatic rings. The van der Waals surface area contributed by atoms with Crippen molar-refractivity contribution in [2.24, 2.45) is 0 Å². The average molecular weight is 274 g/mol. The molecule has 2 fully saturated rings. The molecule has 4 heteroatoms. The van der Waals surface area contributed by atoms with Crippen LogP contribution in [0.3, 0.4) is 0 Å². The molecule has 2 saturated heterocycles. The minimum Gasteiger partial charge on any atom is -0.507 e. The first-order valence-electron chi connectivity index (χ1n) is 7.48. The molecule has 3 rings (SSSR count). The Morgan fingerprint density at radius 2 is 2.10 bits per heavy atom. The fourth-order valence-electron chi connectivity index (χ4n) is 3.33. The summed E-state index contributed by atoms with van der Waals surface area (Å²) < 4.78 is 0. The van der Waals surface area contributed by atoms with E-state index in [1.807, 2.05) is 17.9 Å². The Morgan fingerprint density at radius 3 is 2.90 bits per heavy atom. The molecule has 0 aromatic heterocycles. The number of nitrogens with zero attached hydrogens (tertiary/aromatic N) is 2. The monoisotopic (exact) mass is 274 g/mol. The van der Waals surface area contributed by atoms with E-state index >= 15 is 0 Å². The molecule has 0 aliphatic carbocycles. The van der Waals surface area contributed by atoms with E-state index in [1.165, 1.54) is 25.8 Å². The van der Waals surface area contributed by atoms with Gasteiger partial charge in [0, 0.05) is 25.7 Å². The first kappa shape index (κ1) is 13.4. The number of carbonyl (C=O) groups excluding carboxylic acids is 1. The highest BCUT2D eigenvalue weighted by molar-refractivity contribution is 5.97. The van der Waals surface area contributed by atoms with Gasteiger partial charge in [0.25, 0.3) is 5.91 Å². The molecule has 0 bridgehead atoms. The fraction of sp³-hybridized carbons (Fsp3) is 0.562. The maximum atomic E-state index is 12.6. The summed E-state index contributed by atoms with van der Waals surface area (Å²) in [5.41, 5.74) is 1.40. The van der Waals surface area contributed by atoms with Gasteiger partial charge in [-0.3, -0.25) is 9.69 Å². The van der Waals surface area contributed by atoms with Crippen LogP contribution in [-0.4, -0.2) is 53.0 Å². The summed E-state index contributed by atoms with van der Waals surface area (Å²) in [4.78, 5) is 17.0. The predicted octanol–water partition coefficient (Wildman–Crippen LogP) is 2.01. The third-order valence-corrected chi connectivity index (χ3v) is 4.51. The Morgan fingerprint density at radius 1 is 1.25 bits per heavy atom. The van der Waals surface area contributed by atoms with Gasteiger partial charge in [-0.05, 0) is 44.0 Å². The number of phenolic OH excluding ortho intramolecular Hbond substituents is 1. The highest BCUT2D eigenvalue weighted by Crippen LogP contribution is 2.25. The normalized spacial score (nSPS) is 23.4. The number of carbonyl (C=O) groups is 1. The largest absolute Gasteiger partial charge is 0.507 e. The summed E-state index contributed by atoms with van der Waals surface area (Å²) >= 11 is 0. The van der Waals surface area contributed by atoms with E-state index in [4.69, 9.17) is 0 Å². The van der Waals surface area contributed by atoms with Gasteiger partial charge in [-0.15, -0.1) is 0 Å². The van der Waals surface area contributed by atoms with Crippen LogP contribution in [0.1, 0.15) is 35.2 Å². The van der Waals surface area contributed by atoms with Crippen molar-refractivity contribution in [3.8, 4) is 5.75 Å². The molecule has 0 saturated carbocycles. The summed E-state index contributed by atoms with van der Waals surface area (Å²) in [5, 5.41) is 9.97. The maximum Gasteiger partial charge on any atom is 0.257 e. The van der Waals surface area contributed by atoms with Gasteiger partial charge in [-0.2, -0.15) is 0 Å². The maximum absolute atomic E-state index is 12.6. The molecule has 2 aliphatic rings. The second kappa shape index (κ2) is 5.44. The van der Waals surface area contributed by atoms with E-state index in [0.29, 0.717) is 11.6 Å². The van der Waals surface area contributed by atoms with Crippen LogP contribution in [0, 0.1) is 6.92 Å². The third-order valence-electron chi connectivity index (χ3n) is 4.51. The Labute approximate surface area is 120 Å². The van der Waals surface area contributed by atoms with Gasteiger partial charge in [0.2, 0.25) is 0 Å². The fourth-order valence-corrected chi connectivity index (χ4v) is 3.33. The second-order valence-electron chi connectivity index (χ2n) is 5.96. The van der Waals surface area contributed by atoms with Gasteiger partial charge in [0.15, 0.2) is 0 Å². The first-order chi connectivity index (χ1) is 9.65. The van der Waals surface area contributed by atoms with Gasteiger partial charge in [0.05, 0.1) is 5.56 Å². The van der Waals surface area contributed by atoms with Gasteiger partial charge in [0.1, 0.15) is 5.75 Å². The van der Waals surface area contributed by atoms with E-state index in [9.17, 15) is 9.90 Å². The number of piperidine rings is 1. The number of benzene rings is 1. The number of aromatic hydroxyl groups is 1. The number of phenols is 1. The molecule has 108 valence electrons. The zero-order valence-corrected chi connectivity index (χ0v) is 12.0. The topological polar surface area (TPSA) is 43.8 Å². The summed E-state index contributed by atoms with van der Waals surface area (Å²) in [6, 6.07) is 5.78. The van der Waals surface area contributed by atoms with Crippen molar-refractivity contribution in [2.75, 3.05) is 26.2 Å².